The van der Waals surface area contributed by atoms with Gasteiger partial charge in [-0.2, -0.15) is 15.3 Å². The van der Waals surface area contributed by atoms with Crippen molar-refractivity contribution in [2.75, 3.05) is 26.4 Å². The highest BCUT2D eigenvalue weighted by atomic mass is 127. The number of hydrogen-bond donors (Lipinski definition) is 0. The fourth-order valence-corrected chi connectivity index (χ4v) is 12.7. The molecule has 0 N–H and O–H groups in total. The van der Waals surface area contributed by atoms with Gasteiger partial charge >= 0.3 is 0 Å². The van der Waals surface area contributed by atoms with E-state index in [4.69, 9.17) is 34.1 Å². The second kappa shape index (κ2) is 22.9. The van der Waals surface area contributed by atoms with E-state index in [0.717, 1.165) is 120 Å². The standard InChI is InChI=1S/C38H33N5O2.C30H26IN3O2/c1-42-34-25-27(17-18-28(34)26-40-42)36-35-33(19-22-39-37(35)45-32-20-23-44-24-21-32)43(41-36)38(29-11-5-2-6-12-29,30-13-7-3-8-14-30)31-15-9-4-10-16-31;31-28-27-26(16-19-32-29(27)36-25-17-20-35-21-18-25)34(33-28)30(22-10-4-1-5-11-22,23-12-6-2-7-13-23)24-14-8-3-9-15-24/h2-19,22,25-26,32H,20-21,23-24H2,1H3;1-16,19,25H,17-18,20-21H2. The SMILES string of the molecule is Cn1ncc2ccc(-c3nn(C(c4ccccc4)(c4ccccc4)c4ccccc4)c4ccnc(OC5CCOCC5)c34)cc21.Ic1nn(C(c2ccccc2)(c2ccccc2)c2ccccc2)c2ccnc(OC3CCOCC3)c12. The molecule has 2 fully saturated rings. The Balaban J connectivity index is 0.000000156. The molecule has 0 atom stereocenters. The number of rotatable bonds is 13. The van der Waals surface area contributed by atoms with Gasteiger partial charge in [0.2, 0.25) is 11.8 Å². The molecule has 7 aromatic carbocycles. The fourth-order valence-electron chi connectivity index (χ4n) is 11.9. The van der Waals surface area contributed by atoms with Crippen molar-refractivity contribution < 1.29 is 18.9 Å². The second-order valence-corrected chi connectivity index (χ2v) is 21.5. The predicted octanol–water partition coefficient (Wildman–Crippen LogP) is 13.8. The Morgan fingerprint density at radius 3 is 1.26 bits per heavy atom. The molecule has 0 radical (unpaired) electrons. The van der Waals surface area contributed by atoms with Crippen molar-refractivity contribution in [3.05, 3.63) is 268 Å². The summed E-state index contributed by atoms with van der Waals surface area (Å²) in [7, 11) is 1.97. The highest BCUT2D eigenvalue weighted by Crippen LogP contribution is 2.47. The van der Waals surface area contributed by atoms with Crippen LogP contribution in [0.3, 0.4) is 0 Å². The summed E-state index contributed by atoms with van der Waals surface area (Å²) in [4.78, 5) is 9.49. The summed E-state index contributed by atoms with van der Waals surface area (Å²) in [5.74, 6) is 1.23. The summed E-state index contributed by atoms with van der Waals surface area (Å²) in [5, 5.41) is 18.2. The fraction of sp³-hybridized carbons (Fsp3) is 0.191. The number of halogens is 1. The van der Waals surface area contributed by atoms with Crippen LogP contribution in [0.1, 0.15) is 59.1 Å². The van der Waals surface area contributed by atoms with E-state index in [1.807, 2.05) is 36.4 Å². The Morgan fingerprint density at radius 1 is 0.457 bits per heavy atom. The monoisotopic (exact) mass is 1180 g/mol. The van der Waals surface area contributed by atoms with Crippen molar-refractivity contribution in [2.45, 2.75) is 49.0 Å². The van der Waals surface area contributed by atoms with Crippen LogP contribution in [-0.2, 0) is 27.6 Å². The van der Waals surface area contributed by atoms with E-state index >= 15 is 0 Å². The van der Waals surface area contributed by atoms with E-state index in [0.29, 0.717) is 25.0 Å². The van der Waals surface area contributed by atoms with Gasteiger partial charge in [-0.3, -0.25) is 4.68 Å². The molecule has 7 heterocycles. The van der Waals surface area contributed by atoms with Crippen LogP contribution in [0.5, 0.6) is 11.8 Å². The van der Waals surface area contributed by atoms with Crippen molar-refractivity contribution in [3.63, 3.8) is 0 Å². The largest absolute Gasteiger partial charge is 0.474 e. The smallest absolute Gasteiger partial charge is 0.225 e. The normalized spacial score (nSPS) is 14.4. The summed E-state index contributed by atoms with van der Waals surface area (Å²) in [6, 6.07) is 74.2. The van der Waals surface area contributed by atoms with Crippen LogP contribution < -0.4 is 9.47 Å². The third-order valence-corrected chi connectivity index (χ3v) is 16.5. The summed E-state index contributed by atoms with van der Waals surface area (Å²) >= 11 is 2.32. The summed E-state index contributed by atoms with van der Waals surface area (Å²) in [6.45, 7) is 2.80. The van der Waals surface area contributed by atoms with Gasteiger partial charge in [0.15, 0.2) is 0 Å². The molecule has 2 saturated heterocycles. The van der Waals surface area contributed by atoms with Gasteiger partial charge in [-0.05, 0) is 74.2 Å². The summed E-state index contributed by atoms with van der Waals surface area (Å²) in [6.07, 6.45) is 9.06. The van der Waals surface area contributed by atoms with Crippen molar-refractivity contribution in [3.8, 4) is 23.0 Å². The highest BCUT2D eigenvalue weighted by Gasteiger charge is 2.43. The van der Waals surface area contributed by atoms with Gasteiger partial charge < -0.3 is 18.9 Å². The number of nitrogens with zero attached hydrogens (tertiary/aromatic N) is 8. The Labute approximate surface area is 484 Å². The van der Waals surface area contributed by atoms with Crippen molar-refractivity contribution in [1.82, 2.24) is 39.3 Å². The lowest BCUT2D eigenvalue weighted by Gasteiger charge is -2.37. The number of hydrogen-bond acceptors (Lipinski definition) is 9. The van der Waals surface area contributed by atoms with Gasteiger partial charge in [0.1, 0.15) is 32.7 Å². The number of aryl methyl sites for hydroxylation is 1. The van der Waals surface area contributed by atoms with Crippen molar-refractivity contribution in [2.24, 2.45) is 7.05 Å². The average molecular weight is 1180 g/mol. The summed E-state index contributed by atoms with van der Waals surface area (Å²) in [5.41, 5.74) is 9.95. The average Bonchev–Trinajstić information content (AvgIpc) is 3.83. The zero-order valence-electron chi connectivity index (χ0n) is 44.8. The van der Waals surface area contributed by atoms with E-state index < -0.39 is 11.1 Å². The molecule has 12 nitrogen and oxygen atoms in total. The van der Waals surface area contributed by atoms with Crippen LogP contribution in [-0.4, -0.2) is 77.9 Å². The Morgan fingerprint density at radius 2 is 0.840 bits per heavy atom. The first kappa shape index (κ1) is 51.9. The van der Waals surface area contributed by atoms with E-state index in [-0.39, 0.29) is 12.2 Å². The Kier molecular flexibility index (Phi) is 14.7. The van der Waals surface area contributed by atoms with Crippen molar-refractivity contribution >= 4 is 55.3 Å². The molecule has 12 aromatic rings. The van der Waals surface area contributed by atoms with E-state index in [2.05, 4.69) is 248 Å². The van der Waals surface area contributed by atoms with Gasteiger partial charge in [-0.15, -0.1) is 0 Å². The predicted molar refractivity (Wildman–Crippen MR) is 326 cm³/mol. The molecular weight excluding hydrogens is 1120 g/mol. The lowest BCUT2D eigenvalue weighted by atomic mass is 9.77. The van der Waals surface area contributed by atoms with Gasteiger partial charge in [-0.25, -0.2) is 19.3 Å². The Bertz CT molecular complexity index is 3860. The number of ether oxygens (including phenoxy) is 4. The third kappa shape index (κ3) is 9.62. The molecular formula is C68H59IN8O4. The molecule has 0 bridgehead atoms. The topological polar surface area (TPSA) is 116 Å². The van der Waals surface area contributed by atoms with Crippen LogP contribution in [0.2, 0.25) is 0 Å². The molecule has 81 heavy (non-hydrogen) atoms. The second-order valence-electron chi connectivity index (χ2n) is 20.5. The first-order valence-electron chi connectivity index (χ1n) is 27.7. The molecule has 0 saturated carbocycles. The van der Waals surface area contributed by atoms with Gasteiger partial charge in [0.25, 0.3) is 0 Å². The van der Waals surface area contributed by atoms with Gasteiger partial charge in [0.05, 0.1) is 59.9 Å². The van der Waals surface area contributed by atoms with E-state index in [9.17, 15) is 0 Å². The third-order valence-electron chi connectivity index (χ3n) is 15.8. The van der Waals surface area contributed by atoms with Crippen molar-refractivity contribution in [1.29, 1.82) is 0 Å². The molecule has 2 aliphatic rings. The molecule has 0 aliphatic carbocycles. The molecule has 14 rings (SSSR count). The lowest BCUT2D eigenvalue weighted by Crippen LogP contribution is -2.38. The first-order chi connectivity index (χ1) is 40.0. The zero-order chi connectivity index (χ0) is 54.6. The first-order valence-corrected chi connectivity index (χ1v) is 28.8. The number of benzene rings is 7. The van der Waals surface area contributed by atoms with Gasteiger partial charge in [0, 0.05) is 56.1 Å². The minimum atomic E-state index is -0.797. The molecule has 0 spiro atoms. The zero-order valence-corrected chi connectivity index (χ0v) is 47.0. The number of pyridine rings is 2. The summed E-state index contributed by atoms with van der Waals surface area (Å²) < 4.78 is 31.4. The quantitative estimate of drug-likeness (QED) is 0.0822. The molecule has 5 aromatic heterocycles. The maximum Gasteiger partial charge on any atom is 0.225 e. The maximum absolute atomic E-state index is 6.71. The minimum Gasteiger partial charge on any atom is -0.474 e. The Hall–Kier alpha value is -8.50. The van der Waals surface area contributed by atoms with Gasteiger partial charge in [-0.1, -0.05) is 194 Å². The molecule has 13 heteroatoms. The van der Waals surface area contributed by atoms with Crippen LogP contribution in [0.4, 0.5) is 0 Å². The maximum atomic E-state index is 6.71. The van der Waals surface area contributed by atoms with Crippen LogP contribution in [0.15, 0.2) is 231 Å². The molecule has 402 valence electrons. The molecule has 0 amide bonds. The van der Waals surface area contributed by atoms with Crippen LogP contribution in [0.25, 0.3) is 44.0 Å². The minimum absolute atomic E-state index is 0.0229. The highest BCUT2D eigenvalue weighted by molar-refractivity contribution is 14.1. The van der Waals surface area contributed by atoms with Crippen LogP contribution >= 0.6 is 22.6 Å². The molecule has 2 aliphatic heterocycles. The molecule has 0 unspecified atom stereocenters. The van der Waals surface area contributed by atoms with E-state index in [1.54, 1.807) is 0 Å². The lowest BCUT2D eigenvalue weighted by molar-refractivity contribution is 0.0242. The van der Waals surface area contributed by atoms with E-state index in [1.165, 1.54) is 0 Å². The number of fused-ring (bicyclic) bond motifs is 3. The number of aromatic nitrogens is 8. The van der Waals surface area contributed by atoms with Crippen LogP contribution in [0, 0.1) is 3.70 Å².